The first-order chi connectivity index (χ1) is 16.1. The van der Waals surface area contributed by atoms with Crippen molar-refractivity contribution < 1.29 is 9.59 Å². The smallest absolute Gasteiger partial charge is 0.227 e. The van der Waals surface area contributed by atoms with Crippen LogP contribution in [0.2, 0.25) is 0 Å². The van der Waals surface area contributed by atoms with E-state index < -0.39 is 0 Å². The Bertz CT molecular complexity index is 1130. The van der Waals surface area contributed by atoms with Crippen LogP contribution in [0.25, 0.3) is 10.8 Å². The number of benzene rings is 2. The van der Waals surface area contributed by atoms with Crippen molar-refractivity contribution in [3.63, 3.8) is 0 Å². The molecule has 0 radical (unpaired) electrons. The molecule has 1 spiro atoms. The van der Waals surface area contributed by atoms with Gasteiger partial charge in [-0.3, -0.25) is 14.6 Å². The molecule has 33 heavy (non-hydrogen) atoms. The third-order valence-corrected chi connectivity index (χ3v) is 7.53. The second-order valence-electron chi connectivity index (χ2n) is 9.56. The molecule has 2 fully saturated rings. The molecule has 2 aliphatic rings. The first kappa shape index (κ1) is 21.6. The zero-order valence-corrected chi connectivity index (χ0v) is 19.0. The number of aryl methyl sites for hydroxylation is 1. The van der Waals surface area contributed by atoms with Crippen molar-refractivity contribution in [2.45, 2.75) is 38.5 Å². The molecule has 5 nitrogen and oxygen atoms in total. The summed E-state index contributed by atoms with van der Waals surface area (Å²) in [4.78, 5) is 31.7. The molecule has 2 amide bonds. The number of carbonyl (C=O) groups excluding carboxylic acids is 2. The summed E-state index contributed by atoms with van der Waals surface area (Å²) in [7, 11) is 0. The maximum atomic E-state index is 13.0. The molecule has 3 aromatic rings. The SMILES string of the molecule is O=C(NCCCc1ccncc1)[C@@H]1CC12CCN(C(=O)Cc1cccc3ccccc13)CC2. The summed E-state index contributed by atoms with van der Waals surface area (Å²) in [6, 6.07) is 18.5. The van der Waals surface area contributed by atoms with Crippen molar-refractivity contribution in [3.05, 3.63) is 78.1 Å². The molecule has 0 unspecified atom stereocenters. The van der Waals surface area contributed by atoms with Gasteiger partial charge in [0.1, 0.15) is 0 Å². The van der Waals surface area contributed by atoms with Crippen LogP contribution in [0.15, 0.2) is 67.0 Å². The van der Waals surface area contributed by atoms with Crippen LogP contribution in [0.1, 0.15) is 36.8 Å². The highest BCUT2D eigenvalue weighted by atomic mass is 16.2. The minimum Gasteiger partial charge on any atom is -0.356 e. The fourth-order valence-corrected chi connectivity index (χ4v) is 5.37. The number of fused-ring (bicyclic) bond motifs is 1. The normalized spacial score (nSPS) is 18.9. The molecule has 1 aliphatic heterocycles. The number of rotatable bonds is 7. The largest absolute Gasteiger partial charge is 0.356 e. The maximum Gasteiger partial charge on any atom is 0.227 e. The lowest BCUT2D eigenvalue weighted by Gasteiger charge is -2.33. The van der Waals surface area contributed by atoms with E-state index in [2.05, 4.69) is 34.6 Å². The van der Waals surface area contributed by atoms with Gasteiger partial charge in [-0.2, -0.15) is 0 Å². The Balaban J connectivity index is 1.08. The minimum absolute atomic E-state index is 0.116. The van der Waals surface area contributed by atoms with Crippen molar-refractivity contribution in [2.24, 2.45) is 11.3 Å². The molecular weight excluding hydrogens is 410 g/mol. The Labute approximate surface area is 195 Å². The number of piperidine rings is 1. The van der Waals surface area contributed by atoms with Crippen molar-refractivity contribution in [1.29, 1.82) is 0 Å². The zero-order valence-electron chi connectivity index (χ0n) is 19.0. The molecule has 1 aromatic heterocycles. The number of aromatic nitrogens is 1. The summed E-state index contributed by atoms with van der Waals surface area (Å²) in [5.41, 5.74) is 2.46. The van der Waals surface area contributed by atoms with Crippen LogP contribution in [-0.2, 0) is 22.4 Å². The maximum absolute atomic E-state index is 13.0. The van der Waals surface area contributed by atoms with E-state index in [0.717, 1.165) is 56.1 Å². The van der Waals surface area contributed by atoms with Gasteiger partial charge < -0.3 is 10.2 Å². The molecule has 0 bridgehead atoms. The molecule has 1 saturated carbocycles. The number of nitrogens with one attached hydrogen (secondary N) is 1. The highest BCUT2D eigenvalue weighted by Crippen LogP contribution is 2.59. The van der Waals surface area contributed by atoms with Crippen LogP contribution in [0.5, 0.6) is 0 Å². The van der Waals surface area contributed by atoms with Gasteiger partial charge in [-0.1, -0.05) is 42.5 Å². The van der Waals surface area contributed by atoms with E-state index in [9.17, 15) is 9.59 Å². The first-order valence-corrected chi connectivity index (χ1v) is 12.1. The van der Waals surface area contributed by atoms with Crippen molar-refractivity contribution >= 4 is 22.6 Å². The van der Waals surface area contributed by atoms with Crippen LogP contribution >= 0.6 is 0 Å². The van der Waals surface area contributed by atoms with E-state index in [0.29, 0.717) is 13.0 Å². The molecule has 5 heteroatoms. The number of carbonyl (C=O) groups is 2. The van der Waals surface area contributed by atoms with E-state index in [4.69, 9.17) is 0 Å². The number of nitrogens with zero attached hydrogens (tertiary/aromatic N) is 2. The molecule has 2 heterocycles. The van der Waals surface area contributed by atoms with Gasteiger partial charge in [0.15, 0.2) is 0 Å². The second-order valence-corrected chi connectivity index (χ2v) is 9.56. The van der Waals surface area contributed by atoms with Crippen LogP contribution in [0.4, 0.5) is 0 Å². The van der Waals surface area contributed by atoms with E-state index in [1.54, 1.807) is 12.4 Å². The van der Waals surface area contributed by atoms with Gasteiger partial charge >= 0.3 is 0 Å². The Hall–Kier alpha value is -3.21. The number of likely N-dealkylation sites (tertiary alicyclic amines) is 1. The zero-order chi connectivity index (χ0) is 22.7. The van der Waals surface area contributed by atoms with Gasteiger partial charge in [-0.05, 0) is 71.6 Å². The van der Waals surface area contributed by atoms with E-state index in [-0.39, 0.29) is 23.1 Å². The average Bonchev–Trinajstić information content (AvgIpc) is 3.56. The molecule has 1 atom stereocenters. The fourth-order valence-electron chi connectivity index (χ4n) is 5.37. The quantitative estimate of drug-likeness (QED) is 0.560. The average molecular weight is 442 g/mol. The van der Waals surface area contributed by atoms with Gasteiger partial charge in [-0.25, -0.2) is 0 Å². The summed E-state index contributed by atoms with van der Waals surface area (Å²) >= 11 is 0. The van der Waals surface area contributed by atoms with Crippen molar-refractivity contribution in [2.75, 3.05) is 19.6 Å². The summed E-state index contributed by atoms with van der Waals surface area (Å²) < 4.78 is 0. The Morgan fingerprint density at radius 1 is 1.00 bits per heavy atom. The predicted octanol–water partition coefficient (Wildman–Crippen LogP) is 4.16. The van der Waals surface area contributed by atoms with Gasteiger partial charge in [-0.15, -0.1) is 0 Å². The first-order valence-electron chi connectivity index (χ1n) is 12.1. The van der Waals surface area contributed by atoms with Crippen LogP contribution in [0, 0.1) is 11.3 Å². The number of hydrogen-bond acceptors (Lipinski definition) is 3. The standard InChI is InChI=1S/C28H31N3O2/c32-26(19-23-8-3-7-22-6-1-2-9-24(22)23)31-17-12-28(13-18-31)20-25(28)27(33)30-14-4-5-21-10-15-29-16-11-21/h1-3,6-11,15-16,25H,4-5,12-14,17-20H2,(H,30,33)/t25-/m0/s1. The molecule has 170 valence electrons. The third-order valence-electron chi connectivity index (χ3n) is 7.53. The highest BCUT2D eigenvalue weighted by Gasteiger charge is 2.58. The lowest BCUT2D eigenvalue weighted by atomic mass is 9.90. The number of pyridine rings is 1. The van der Waals surface area contributed by atoms with Crippen molar-refractivity contribution in [1.82, 2.24) is 15.2 Å². The fraction of sp³-hybridized carbons (Fsp3) is 0.393. The Morgan fingerprint density at radius 2 is 1.76 bits per heavy atom. The topological polar surface area (TPSA) is 62.3 Å². The molecule has 5 rings (SSSR count). The van der Waals surface area contributed by atoms with Crippen LogP contribution in [0.3, 0.4) is 0 Å². The predicted molar refractivity (Wildman–Crippen MR) is 130 cm³/mol. The molecule has 1 aliphatic carbocycles. The highest BCUT2D eigenvalue weighted by molar-refractivity contribution is 5.90. The molecular formula is C28H31N3O2. The number of hydrogen-bond donors (Lipinski definition) is 1. The lowest BCUT2D eigenvalue weighted by molar-refractivity contribution is -0.132. The summed E-state index contributed by atoms with van der Waals surface area (Å²) in [5, 5.41) is 5.47. The summed E-state index contributed by atoms with van der Waals surface area (Å²) in [6.45, 7) is 2.23. The summed E-state index contributed by atoms with van der Waals surface area (Å²) in [5.74, 6) is 0.507. The van der Waals surface area contributed by atoms with Gasteiger partial charge in [0.2, 0.25) is 11.8 Å². The third kappa shape index (κ3) is 4.77. The second kappa shape index (κ2) is 9.34. The summed E-state index contributed by atoms with van der Waals surface area (Å²) in [6.07, 6.45) is 8.78. The van der Waals surface area contributed by atoms with E-state index in [1.807, 2.05) is 35.2 Å². The number of amides is 2. The van der Waals surface area contributed by atoms with E-state index in [1.165, 1.54) is 10.9 Å². The van der Waals surface area contributed by atoms with E-state index >= 15 is 0 Å². The van der Waals surface area contributed by atoms with Gasteiger partial charge in [0, 0.05) is 37.9 Å². The van der Waals surface area contributed by atoms with Gasteiger partial charge in [0.05, 0.1) is 6.42 Å². The lowest BCUT2D eigenvalue weighted by Crippen LogP contribution is -2.41. The molecule has 1 saturated heterocycles. The Kier molecular flexibility index (Phi) is 6.12. The molecule has 2 aromatic carbocycles. The minimum atomic E-state index is 0.116. The van der Waals surface area contributed by atoms with Crippen molar-refractivity contribution in [3.8, 4) is 0 Å². The molecule has 1 N–H and O–H groups in total. The monoisotopic (exact) mass is 441 g/mol. The van der Waals surface area contributed by atoms with Crippen LogP contribution in [-0.4, -0.2) is 41.3 Å². The van der Waals surface area contributed by atoms with Crippen LogP contribution < -0.4 is 5.32 Å². The Morgan fingerprint density at radius 3 is 2.58 bits per heavy atom. The van der Waals surface area contributed by atoms with Gasteiger partial charge in [0.25, 0.3) is 0 Å².